The van der Waals surface area contributed by atoms with Gasteiger partial charge >= 0.3 is 5.97 Å². The van der Waals surface area contributed by atoms with Gasteiger partial charge < -0.3 is 14.2 Å². The van der Waals surface area contributed by atoms with Crippen LogP contribution >= 0.6 is 0 Å². The summed E-state index contributed by atoms with van der Waals surface area (Å²) in [7, 11) is 1.60. The third kappa shape index (κ3) is 4.19. The van der Waals surface area contributed by atoms with E-state index in [0.717, 1.165) is 24.0 Å². The Bertz CT molecular complexity index is 679. The van der Waals surface area contributed by atoms with Crippen LogP contribution in [-0.2, 0) is 11.3 Å². The van der Waals surface area contributed by atoms with Crippen LogP contribution in [-0.4, -0.2) is 19.7 Å². The van der Waals surface area contributed by atoms with Crippen LogP contribution in [0.25, 0.3) is 0 Å². The van der Waals surface area contributed by atoms with Crippen molar-refractivity contribution in [2.75, 3.05) is 13.7 Å². The second-order valence-electron chi connectivity index (χ2n) is 6.32. The number of carbonyl (C=O) groups is 1. The summed E-state index contributed by atoms with van der Waals surface area (Å²) in [6.07, 6.45) is 6.38. The quantitative estimate of drug-likeness (QED) is 0.535. The van der Waals surface area contributed by atoms with Gasteiger partial charge in [0, 0.05) is 11.1 Å². The first-order valence-corrected chi connectivity index (χ1v) is 8.23. The largest absolute Gasteiger partial charge is 0.496 e. The van der Waals surface area contributed by atoms with Crippen molar-refractivity contribution in [3.8, 4) is 11.5 Å². The highest BCUT2D eigenvalue weighted by Gasteiger charge is 2.28. The Hall–Kier alpha value is -2.23. The predicted molar refractivity (Wildman–Crippen MR) is 94.8 cm³/mol. The smallest absolute Gasteiger partial charge is 0.339 e. The van der Waals surface area contributed by atoms with Crippen molar-refractivity contribution in [3.63, 3.8) is 0 Å². The number of cyclic esters (lactones) is 1. The number of ether oxygens (including phenoxy) is 3. The molecule has 0 spiro atoms. The van der Waals surface area contributed by atoms with Gasteiger partial charge in [-0.15, -0.1) is 0 Å². The molecule has 1 aliphatic heterocycles. The number of fused-ring (bicyclic) bond motifs is 1. The molecule has 0 saturated heterocycles. The topological polar surface area (TPSA) is 44.8 Å². The van der Waals surface area contributed by atoms with Gasteiger partial charge in [-0.1, -0.05) is 17.2 Å². The molecule has 1 aliphatic rings. The van der Waals surface area contributed by atoms with E-state index in [1.54, 1.807) is 13.2 Å². The van der Waals surface area contributed by atoms with Crippen molar-refractivity contribution >= 4 is 5.97 Å². The molecule has 0 radical (unpaired) electrons. The average Bonchev–Trinajstić information content (AvgIpc) is 2.88. The molecule has 0 saturated carbocycles. The molecule has 130 valence electrons. The summed E-state index contributed by atoms with van der Waals surface area (Å²) in [4.78, 5) is 11.8. The van der Waals surface area contributed by atoms with Crippen LogP contribution in [0.15, 0.2) is 29.4 Å². The summed E-state index contributed by atoms with van der Waals surface area (Å²) < 4.78 is 16.4. The summed E-state index contributed by atoms with van der Waals surface area (Å²) in [5.74, 6) is 1.03. The van der Waals surface area contributed by atoms with Gasteiger partial charge in [0.1, 0.15) is 24.7 Å². The molecule has 0 fully saturated rings. The first-order chi connectivity index (χ1) is 11.4. The fourth-order valence-corrected chi connectivity index (χ4v) is 2.72. The fourth-order valence-electron chi connectivity index (χ4n) is 2.72. The molecule has 0 aliphatic carbocycles. The molecule has 0 amide bonds. The Morgan fingerprint density at radius 3 is 2.71 bits per heavy atom. The molecule has 1 aromatic carbocycles. The molecule has 1 heterocycles. The molecule has 4 heteroatoms. The first kappa shape index (κ1) is 18.1. The lowest BCUT2D eigenvalue weighted by Gasteiger charge is -2.14. The van der Waals surface area contributed by atoms with E-state index in [9.17, 15) is 4.79 Å². The minimum atomic E-state index is -0.318. The second kappa shape index (κ2) is 8.04. The SMILES string of the molecule is COc1c(C)c(OCC=C(C)CCC=C(C)C)cc2c1COC2=O. The molecule has 0 atom stereocenters. The molecule has 0 N–H and O–H groups in total. The van der Waals surface area contributed by atoms with E-state index in [4.69, 9.17) is 14.2 Å². The molecule has 4 nitrogen and oxygen atoms in total. The zero-order valence-electron chi connectivity index (χ0n) is 15.2. The molecule has 0 unspecified atom stereocenters. The standard InChI is InChI=1S/C20H26O4/c1-13(2)7-6-8-14(3)9-10-23-18-11-16-17(12-24-20(16)21)19(22-5)15(18)4/h7,9,11H,6,8,10,12H2,1-5H3. The number of hydrogen-bond donors (Lipinski definition) is 0. The lowest BCUT2D eigenvalue weighted by Crippen LogP contribution is -2.03. The Morgan fingerprint density at radius 1 is 1.29 bits per heavy atom. The van der Waals surface area contributed by atoms with E-state index in [2.05, 4.69) is 32.9 Å². The summed E-state index contributed by atoms with van der Waals surface area (Å²) in [5, 5.41) is 0. The maximum atomic E-state index is 11.8. The number of allylic oxidation sites excluding steroid dienone is 3. The van der Waals surface area contributed by atoms with Gasteiger partial charge in [-0.25, -0.2) is 4.79 Å². The molecule has 1 aromatic rings. The van der Waals surface area contributed by atoms with Crippen molar-refractivity contribution in [3.05, 3.63) is 46.1 Å². The van der Waals surface area contributed by atoms with Crippen molar-refractivity contribution in [1.82, 2.24) is 0 Å². The lowest BCUT2D eigenvalue weighted by molar-refractivity contribution is 0.0534. The second-order valence-corrected chi connectivity index (χ2v) is 6.32. The van der Waals surface area contributed by atoms with Crippen LogP contribution in [0.3, 0.4) is 0 Å². The summed E-state index contributed by atoms with van der Waals surface area (Å²) in [6, 6.07) is 1.76. The van der Waals surface area contributed by atoms with Gasteiger partial charge in [-0.3, -0.25) is 0 Å². The molecule has 2 rings (SSSR count). The lowest BCUT2D eigenvalue weighted by atomic mass is 10.0. The van der Waals surface area contributed by atoms with Crippen molar-refractivity contribution in [2.45, 2.75) is 47.1 Å². The summed E-state index contributed by atoms with van der Waals surface area (Å²) in [5.41, 5.74) is 4.87. The monoisotopic (exact) mass is 330 g/mol. The third-order valence-electron chi connectivity index (χ3n) is 4.12. The van der Waals surface area contributed by atoms with Crippen LogP contribution in [0.1, 0.15) is 55.1 Å². The number of methoxy groups -OCH3 is 1. The van der Waals surface area contributed by atoms with Crippen LogP contribution < -0.4 is 9.47 Å². The number of benzene rings is 1. The number of rotatable bonds is 7. The number of carbonyl (C=O) groups excluding carboxylic acids is 1. The Kier molecular flexibility index (Phi) is 6.07. The summed E-state index contributed by atoms with van der Waals surface area (Å²) in [6.45, 7) is 8.99. The van der Waals surface area contributed by atoms with Gasteiger partial charge in [0.05, 0.1) is 12.7 Å². The van der Waals surface area contributed by atoms with E-state index in [1.165, 1.54) is 11.1 Å². The Labute approximate surface area is 144 Å². The van der Waals surface area contributed by atoms with E-state index in [1.807, 2.05) is 6.92 Å². The van der Waals surface area contributed by atoms with Gasteiger partial charge in [-0.2, -0.15) is 0 Å². The van der Waals surface area contributed by atoms with E-state index in [0.29, 0.717) is 23.7 Å². The Morgan fingerprint density at radius 2 is 2.04 bits per heavy atom. The number of hydrogen-bond acceptors (Lipinski definition) is 4. The van der Waals surface area contributed by atoms with Crippen LogP contribution in [0.2, 0.25) is 0 Å². The van der Waals surface area contributed by atoms with E-state index in [-0.39, 0.29) is 12.6 Å². The minimum Gasteiger partial charge on any atom is -0.496 e. The van der Waals surface area contributed by atoms with Crippen LogP contribution in [0, 0.1) is 6.92 Å². The zero-order chi connectivity index (χ0) is 17.7. The van der Waals surface area contributed by atoms with Crippen LogP contribution in [0.5, 0.6) is 11.5 Å². The van der Waals surface area contributed by atoms with E-state index >= 15 is 0 Å². The normalized spacial score (nSPS) is 13.4. The highest BCUT2D eigenvalue weighted by Crippen LogP contribution is 2.38. The fraction of sp³-hybridized carbons (Fsp3) is 0.450. The highest BCUT2D eigenvalue weighted by molar-refractivity contribution is 5.95. The summed E-state index contributed by atoms with van der Waals surface area (Å²) >= 11 is 0. The average molecular weight is 330 g/mol. The Balaban J connectivity index is 2.07. The van der Waals surface area contributed by atoms with Gasteiger partial charge in [-0.05, 0) is 52.7 Å². The molecular formula is C20H26O4. The molecule has 0 bridgehead atoms. The van der Waals surface area contributed by atoms with Gasteiger partial charge in [0.15, 0.2) is 0 Å². The first-order valence-electron chi connectivity index (χ1n) is 8.23. The highest BCUT2D eigenvalue weighted by atomic mass is 16.5. The van der Waals surface area contributed by atoms with Gasteiger partial charge in [0.2, 0.25) is 0 Å². The number of esters is 1. The maximum Gasteiger partial charge on any atom is 0.339 e. The van der Waals surface area contributed by atoms with Crippen molar-refractivity contribution in [2.24, 2.45) is 0 Å². The third-order valence-corrected chi connectivity index (χ3v) is 4.12. The predicted octanol–water partition coefficient (Wildman–Crippen LogP) is 4.75. The van der Waals surface area contributed by atoms with Crippen LogP contribution in [0.4, 0.5) is 0 Å². The zero-order valence-corrected chi connectivity index (χ0v) is 15.2. The minimum absolute atomic E-state index is 0.266. The maximum absolute atomic E-state index is 11.8. The van der Waals surface area contributed by atoms with Gasteiger partial charge in [0.25, 0.3) is 0 Å². The van der Waals surface area contributed by atoms with E-state index < -0.39 is 0 Å². The molecule has 0 aromatic heterocycles. The van der Waals surface area contributed by atoms with Crippen molar-refractivity contribution in [1.29, 1.82) is 0 Å². The molecular weight excluding hydrogens is 304 g/mol. The van der Waals surface area contributed by atoms with Crippen molar-refractivity contribution < 1.29 is 19.0 Å². The molecule has 24 heavy (non-hydrogen) atoms.